The third-order valence-corrected chi connectivity index (χ3v) is 3.91. The molecule has 0 aliphatic carbocycles. The quantitative estimate of drug-likeness (QED) is 0.793. The van der Waals surface area contributed by atoms with Crippen molar-refractivity contribution in [1.29, 1.82) is 0 Å². The first-order valence-electron chi connectivity index (χ1n) is 7.42. The molecule has 0 unspecified atom stereocenters. The summed E-state index contributed by atoms with van der Waals surface area (Å²) in [6.07, 6.45) is 1.45. The van der Waals surface area contributed by atoms with Gasteiger partial charge in [-0.15, -0.1) is 0 Å². The zero-order valence-electron chi connectivity index (χ0n) is 13.5. The molecule has 0 aliphatic rings. The predicted molar refractivity (Wildman–Crippen MR) is 97.2 cm³/mol. The molecule has 0 saturated heterocycles. The lowest BCUT2D eigenvalue weighted by molar-refractivity contribution is 0.0951. The Morgan fingerprint density at radius 1 is 1.17 bits per heavy atom. The van der Waals surface area contributed by atoms with Crippen LogP contribution in [0.25, 0.3) is 0 Å². The summed E-state index contributed by atoms with van der Waals surface area (Å²) in [5.74, 6) is -0.598. The van der Waals surface area contributed by atoms with Crippen molar-refractivity contribution in [2.75, 3.05) is 32.5 Å². The molecule has 0 saturated carbocycles. The van der Waals surface area contributed by atoms with Crippen LogP contribution in [0.15, 0.2) is 47.1 Å². The van der Waals surface area contributed by atoms with E-state index in [1.165, 1.54) is 12.3 Å². The van der Waals surface area contributed by atoms with Gasteiger partial charge in [0.25, 0.3) is 11.8 Å². The van der Waals surface area contributed by atoms with E-state index in [0.717, 1.165) is 11.0 Å². The number of hydrogen-bond acceptors (Lipinski definition) is 4. The van der Waals surface area contributed by atoms with Gasteiger partial charge in [0.2, 0.25) is 0 Å². The fourth-order valence-electron chi connectivity index (χ4n) is 1.94. The SMILES string of the molecule is CN(C)CCNC(=O)c1ccnc(C(=O)Nc2ccccc2Br)c1. The molecule has 2 aromatic rings. The Morgan fingerprint density at radius 3 is 2.62 bits per heavy atom. The number of pyridine rings is 1. The molecule has 0 aliphatic heterocycles. The predicted octanol–water partition coefficient (Wildman–Crippen LogP) is 2.39. The fraction of sp³-hybridized carbons (Fsp3) is 0.235. The van der Waals surface area contributed by atoms with Crippen LogP contribution in [0.2, 0.25) is 0 Å². The van der Waals surface area contributed by atoms with Gasteiger partial charge in [-0.2, -0.15) is 0 Å². The maximum absolute atomic E-state index is 12.3. The number of halogens is 1. The lowest BCUT2D eigenvalue weighted by Gasteiger charge is -2.11. The topological polar surface area (TPSA) is 74.3 Å². The number of anilines is 1. The number of hydrogen-bond donors (Lipinski definition) is 2. The number of para-hydroxylation sites is 1. The van der Waals surface area contributed by atoms with Crippen molar-refractivity contribution in [2.45, 2.75) is 0 Å². The van der Waals surface area contributed by atoms with Crippen molar-refractivity contribution in [2.24, 2.45) is 0 Å². The number of aromatic nitrogens is 1. The Hall–Kier alpha value is -2.25. The molecule has 1 heterocycles. The van der Waals surface area contributed by atoms with Crippen molar-refractivity contribution in [3.05, 3.63) is 58.3 Å². The van der Waals surface area contributed by atoms with E-state index in [9.17, 15) is 9.59 Å². The fourth-order valence-corrected chi connectivity index (χ4v) is 2.32. The Morgan fingerprint density at radius 2 is 1.92 bits per heavy atom. The van der Waals surface area contributed by atoms with Crippen LogP contribution < -0.4 is 10.6 Å². The second-order valence-corrected chi connectivity index (χ2v) is 6.28. The summed E-state index contributed by atoms with van der Waals surface area (Å²) in [5, 5.41) is 5.57. The summed E-state index contributed by atoms with van der Waals surface area (Å²) in [6, 6.07) is 10.4. The van der Waals surface area contributed by atoms with E-state index in [4.69, 9.17) is 0 Å². The van der Waals surface area contributed by atoms with Gasteiger partial charge in [-0.25, -0.2) is 0 Å². The maximum atomic E-state index is 12.3. The minimum absolute atomic E-state index is 0.186. The van der Waals surface area contributed by atoms with Crippen LogP contribution in [0.5, 0.6) is 0 Å². The lowest BCUT2D eigenvalue weighted by Crippen LogP contribution is -2.31. The molecule has 7 heteroatoms. The Balaban J connectivity index is 2.05. The normalized spacial score (nSPS) is 10.5. The monoisotopic (exact) mass is 390 g/mol. The van der Waals surface area contributed by atoms with E-state index in [0.29, 0.717) is 17.8 Å². The third kappa shape index (κ3) is 5.14. The molecule has 2 N–H and O–H groups in total. The second-order valence-electron chi connectivity index (χ2n) is 5.42. The van der Waals surface area contributed by atoms with Gasteiger partial charge in [-0.3, -0.25) is 14.6 Å². The summed E-state index contributed by atoms with van der Waals surface area (Å²) in [7, 11) is 3.87. The molecule has 1 aromatic heterocycles. The van der Waals surface area contributed by atoms with Crippen LogP contribution in [0, 0.1) is 0 Å². The molecule has 0 fully saturated rings. The average molecular weight is 391 g/mol. The maximum Gasteiger partial charge on any atom is 0.274 e. The van der Waals surface area contributed by atoms with Gasteiger partial charge in [-0.1, -0.05) is 12.1 Å². The first kappa shape index (κ1) is 18.1. The molecule has 2 rings (SSSR count). The van der Waals surface area contributed by atoms with Crippen LogP contribution in [-0.2, 0) is 0 Å². The Bertz CT molecular complexity index is 734. The number of amides is 2. The minimum atomic E-state index is -0.371. The molecule has 0 spiro atoms. The van der Waals surface area contributed by atoms with Crippen LogP contribution in [0.4, 0.5) is 5.69 Å². The number of nitrogens with one attached hydrogen (secondary N) is 2. The lowest BCUT2D eigenvalue weighted by atomic mass is 10.2. The third-order valence-electron chi connectivity index (χ3n) is 3.22. The number of benzene rings is 1. The minimum Gasteiger partial charge on any atom is -0.351 e. The summed E-state index contributed by atoms with van der Waals surface area (Å²) in [4.78, 5) is 30.4. The molecule has 126 valence electrons. The number of carbonyl (C=O) groups is 2. The number of carbonyl (C=O) groups excluding carboxylic acids is 2. The summed E-state index contributed by atoms with van der Waals surface area (Å²) >= 11 is 3.37. The molecule has 6 nitrogen and oxygen atoms in total. The van der Waals surface area contributed by atoms with Gasteiger partial charge < -0.3 is 15.5 Å². The van der Waals surface area contributed by atoms with Crippen LogP contribution in [0.3, 0.4) is 0 Å². The van der Waals surface area contributed by atoms with Crippen molar-refractivity contribution >= 4 is 33.4 Å². The van der Waals surface area contributed by atoms with E-state index in [2.05, 4.69) is 31.5 Å². The van der Waals surface area contributed by atoms with Gasteiger partial charge in [0.05, 0.1) is 5.69 Å². The molecule has 2 amide bonds. The van der Waals surface area contributed by atoms with Crippen molar-refractivity contribution in [3.63, 3.8) is 0 Å². The number of rotatable bonds is 6. The van der Waals surface area contributed by atoms with E-state index in [-0.39, 0.29) is 17.5 Å². The first-order chi connectivity index (χ1) is 11.5. The molecular formula is C17H19BrN4O2. The highest BCUT2D eigenvalue weighted by molar-refractivity contribution is 9.10. The van der Waals surface area contributed by atoms with Crippen LogP contribution in [-0.4, -0.2) is 48.9 Å². The number of likely N-dealkylation sites (N-methyl/N-ethyl adjacent to an activating group) is 1. The molecule has 0 radical (unpaired) electrons. The second kappa shape index (κ2) is 8.56. The Labute approximate surface area is 149 Å². The number of nitrogens with zero attached hydrogens (tertiary/aromatic N) is 2. The molecule has 1 aromatic carbocycles. The van der Waals surface area contributed by atoms with E-state index in [1.54, 1.807) is 12.1 Å². The van der Waals surface area contributed by atoms with Crippen molar-refractivity contribution < 1.29 is 9.59 Å². The van der Waals surface area contributed by atoms with E-state index in [1.807, 2.05) is 37.2 Å². The molecule has 24 heavy (non-hydrogen) atoms. The van der Waals surface area contributed by atoms with Crippen LogP contribution in [0.1, 0.15) is 20.8 Å². The highest BCUT2D eigenvalue weighted by atomic mass is 79.9. The molecular weight excluding hydrogens is 372 g/mol. The highest BCUT2D eigenvalue weighted by Gasteiger charge is 2.13. The van der Waals surface area contributed by atoms with Gasteiger partial charge in [0, 0.05) is 29.3 Å². The first-order valence-corrected chi connectivity index (χ1v) is 8.21. The van der Waals surface area contributed by atoms with Crippen molar-refractivity contribution in [1.82, 2.24) is 15.2 Å². The smallest absolute Gasteiger partial charge is 0.274 e. The van der Waals surface area contributed by atoms with Crippen molar-refractivity contribution in [3.8, 4) is 0 Å². The van der Waals surface area contributed by atoms with Gasteiger partial charge in [0.15, 0.2) is 0 Å². The standard InChI is InChI=1S/C17H19BrN4O2/c1-22(2)10-9-20-16(23)12-7-8-19-15(11-12)17(24)21-14-6-4-3-5-13(14)18/h3-8,11H,9-10H2,1-2H3,(H,20,23)(H,21,24). The largest absolute Gasteiger partial charge is 0.351 e. The zero-order valence-corrected chi connectivity index (χ0v) is 15.1. The molecule has 0 bridgehead atoms. The van der Waals surface area contributed by atoms with E-state index >= 15 is 0 Å². The van der Waals surface area contributed by atoms with Gasteiger partial charge in [0.1, 0.15) is 5.69 Å². The zero-order chi connectivity index (χ0) is 17.5. The van der Waals surface area contributed by atoms with Gasteiger partial charge >= 0.3 is 0 Å². The summed E-state index contributed by atoms with van der Waals surface area (Å²) < 4.78 is 0.774. The van der Waals surface area contributed by atoms with Gasteiger partial charge in [-0.05, 0) is 54.3 Å². The van der Waals surface area contributed by atoms with E-state index < -0.39 is 0 Å². The molecule has 0 atom stereocenters. The van der Waals surface area contributed by atoms with Crippen LogP contribution >= 0.6 is 15.9 Å². The Kier molecular flexibility index (Phi) is 6.45. The summed E-state index contributed by atoms with van der Waals surface area (Å²) in [6.45, 7) is 1.28. The average Bonchev–Trinajstić information content (AvgIpc) is 2.56. The summed E-state index contributed by atoms with van der Waals surface area (Å²) in [5.41, 5.74) is 1.23. The highest BCUT2D eigenvalue weighted by Crippen LogP contribution is 2.21.